The van der Waals surface area contributed by atoms with Crippen LogP contribution < -0.4 is 11.1 Å². The van der Waals surface area contributed by atoms with E-state index in [2.05, 4.69) is 10.4 Å². The third-order valence-corrected chi connectivity index (χ3v) is 3.87. The lowest BCUT2D eigenvalue weighted by atomic mass is 10.00. The Balaban J connectivity index is 1.84. The fourth-order valence-corrected chi connectivity index (χ4v) is 2.55. The first-order valence-electron chi connectivity index (χ1n) is 7.24. The van der Waals surface area contributed by atoms with Crippen molar-refractivity contribution in [1.29, 1.82) is 0 Å². The van der Waals surface area contributed by atoms with Crippen LogP contribution in [0.3, 0.4) is 0 Å². The van der Waals surface area contributed by atoms with Crippen molar-refractivity contribution in [3.8, 4) is 0 Å². The van der Waals surface area contributed by atoms with Crippen LogP contribution in [0.5, 0.6) is 0 Å². The van der Waals surface area contributed by atoms with E-state index in [-0.39, 0.29) is 30.3 Å². The summed E-state index contributed by atoms with van der Waals surface area (Å²) in [5, 5.41) is 6.93. The van der Waals surface area contributed by atoms with Gasteiger partial charge in [-0.05, 0) is 18.8 Å². The molecule has 3 N–H and O–H groups in total. The molecule has 0 bridgehead atoms. The lowest BCUT2D eigenvalue weighted by Gasteiger charge is -2.14. The van der Waals surface area contributed by atoms with Gasteiger partial charge in [0.2, 0.25) is 11.8 Å². The molecule has 0 saturated heterocycles. The van der Waals surface area contributed by atoms with Gasteiger partial charge in [0.25, 0.3) is 0 Å². The highest BCUT2D eigenvalue weighted by Crippen LogP contribution is 2.26. The van der Waals surface area contributed by atoms with E-state index in [0.717, 1.165) is 19.3 Å². The number of nitrogens with two attached hydrogens (primary N) is 1. The molecule has 1 aliphatic rings. The van der Waals surface area contributed by atoms with E-state index in [9.17, 15) is 9.59 Å². The summed E-state index contributed by atoms with van der Waals surface area (Å²) >= 11 is 0. The van der Waals surface area contributed by atoms with Crippen molar-refractivity contribution in [2.24, 2.45) is 11.7 Å². The Labute approximate surface area is 124 Å². The van der Waals surface area contributed by atoms with Gasteiger partial charge in [0.15, 0.2) is 5.82 Å². The Morgan fingerprint density at radius 2 is 2.24 bits per heavy atom. The summed E-state index contributed by atoms with van der Waals surface area (Å²) < 4.78 is 1.51. The molecular weight excluding hydrogens is 270 g/mol. The number of amides is 2. The molecular formula is C14H23N5O2. The zero-order valence-electron chi connectivity index (χ0n) is 12.6. The minimum atomic E-state index is -0.0680. The number of hydrogen-bond donors (Lipinski definition) is 2. The van der Waals surface area contributed by atoms with E-state index >= 15 is 0 Å². The standard InChI is InChI=1S/C14H23N5O2/c1-18(2)14(21)9-19-7-6-12(17-19)16-13(20)8-10-4-3-5-11(10)15/h6-7,10-11H,3-5,8-9,15H2,1-2H3,(H,16,17,20)/t10-,11+/m0/s1. The number of rotatable bonds is 5. The van der Waals surface area contributed by atoms with Gasteiger partial charge in [0.1, 0.15) is 6.54 Å². The number of likely N-dealkylation sites (N-methyl/N-ethyl adjacent to an activating group) is 1. The largest absolute Gasteiger partial charge is 0.347 e. The second kappa shape index (κ2) is 6.71. The molecule has 0 unspecified atom stereocenters. The van der Waals surface area contributed by atoms with E-state index in [1.807, 2.05) is 0 Å². The second-order valence-electron chi connectivity index (χ2n) is 5.79. The molecule has 1 heterocycles. The molecule has 2 rings (SSSR count). The highest BCUT2D eigenvalue weighted by Gasteiger charge is 2.26. The fraction of sp³-hybridized carbons (Fsp3) is 0.643. The zero-order chi connectivity index (χ0) is 15.4. The molecule has 116 valence electrons. The summed E-state index contributed by atoms with van der Waals surface area (Å²) in [5.41, 5.74) is 5.97. The van der Waals surface area contributed by atoms with Gasteiger partial charge in [-0.15, -0.1) is 0 Å². The summed E-state index contributed by atoms with van der Waals surface area (Å²) in [7, 11) is 3.39. The lowest BCUT2D eigenvalue weighted by molar-refractivity contribution is -0.129. The highest BCUT2D eigenvalue weighted by molar-refractivity contribution is 5.89. The van der Waals surface area contributed by atoms with E-state index in [0.29, 0.717) is 12.2 Å². The van der Waals surface area contributed by atoms with Crippen molar-refractivity contribution >= 4 is 17.6 Å². The summed E-state index contributed by atoms with van der Waals surface area (Å²) in [6.45, 7) is 0.163. The van der Waals surface area contributed by atoms with Gasteiger partial charge >= 0.3 is 0 Å². The summed E-state index contributed by atoms with van der Waals surface area (Å²) in [4.78, 5) is 25.0. The molecule has 7 nitrogen and oxygen atoms in total. The molecule has 0 spiro atoms. The lowest BCUT2D eigenvalue weighted by Crippen LogP contribution is -2.28. The van der Waals surface area contributed by atoms with E-state index in [1.165, 1.54) is 9.58 Å². The van der Waals surface area contributed by atoms with Crippen LogP contribution in [0.2, 0.25) is 0 Å². The molecule has 0 radical (unpaired) electrons. The van der Waals surface area contributed by atoms with Gasteiger partial charge in [-0.1, -0.05) is 6.42 Å². The zero-order valence-corrected chi connectivity index (χ0v) is 12.6. The molecule has 21 heavy (non-hydrogen) atoms. The minimum Gasteiger partial charge on any atom is -0.347 e. The van der Waals surface area contributed by atoms with Crippen molar-refractivity contribution in [2.45, 2.75) is 38.3 Å². The smallest absolute Gasteiger partial charge is 0.243 e. The Morgan fingerprint density at radius 1 is 1.48 bits per heavy atom. The Hall–Kier alpha value is -1.89. The molecule has 1 fully saturated rings. The van der Waals surface area contributed by atoms with Crippen LogP contribution >= 0.6 is 0 Å². The Morgan fingerprint density at radius 3 is 2.86 bits per heavy atom. The minimum absolute atomic E-state index is 0.0482. The van der Waals surface area contributed by atoms with Crippen molar-refractivity contribution in [3.63, 3.8) is 0 Å². The summed E-state index contributed by atoms with van der Waals surface area (Å²) in [5.74, 6) is 0.620. The highest BCUT2D eigenvalue weighted by atomic mass is 16.2. The number of carbonyl (C=O) groups is 2. The maximum absolute atomic E-state index is 12.0. The van der Waals surface area contributed by atoms with E-state index in [1.54, 1.807) is 26.4 Å². The first kappa shape index (κ1) is 15.5. The molecule has 1 aromatic heterocycles. The van der Waals surface area contributed by atoms with Gasteiger partial charge in [-0.25, -0.2) is 0 Å². The molecule has 1 aromatic rings. The van der Waals surface area contributed by atoms with Crippen LogP contribution in [0.1, 0.15) is 25.7 Å². The molecule has 7 heteroatoms. The SMILES string of the molecule is CN(C)C(=O)Cn1ccc(NC(=O)C[C@@H]2CCC[C@H]2N)n1. The second-order valence-corrected chi connectivity index (χ2v) is 5.79. The monoisotopic (exact) mass is 293 g/mol. The van der Waals surface area contributed by atoms with Crippen molar-refractivity contribution in [2.75, 3.05) is 19.4 Å². The summed E-state index contributed by atoms with van der Waals surface area (Å²) in [6.07, 6.45) is 5.23. The average molecular weight is 293 g/mol. The van der Waals surface area contributed by atoms with Gasteiger partial charge < -0.3 is 16.0 Å². The summed E-state index contributed by atoms with van der Waals surface area (Å²) in [6, 6.07) is 1.82. The van der Waals surface area contributed by atoms with E-state index in [4.69, 9.17) is 5.73 Å². The number of nitrogens with zero attached hydrogens (tertiary/aromatic N) is 3. The molecule has 0 aromatic carbocycles. The van der Waals surface area contributed by atoms with Crippen LogP contribution in [0.15, 0.2) is 12.3 Å². The van der Waals surface area contributed by atoms with Crippen molar-refractivity contribution < 1.29 is 9.59 Å². The average Bonchev–Trinajstić information content (AvgIpc) is 3.00. The van der Waals surface area contributed by atoms with Gasteiger partial charge in [0, 0.05) is 38.8 Å². The maximum atomic E-state index is 12.0. The predicted octanol–water partition coefficient (Wildman–Crippen LogP) is 0.427. The first-order chi connectivity index (χ1) is 9.95. The molecule has 1 saturated carbocycles. The van der Waals surface area contributed by atoms with Crippen LogP contribution in [0, 0.1) is 5.92 Å². The van der Waals surface area contributed by atoms with Gasteiger partial charge in [-0.3, -0.25) is 14.3 Å². The van der Waals surface area contributed by atoms with Crippen molar-refractivity contribution in [3.05, 3.63) is 12.3 Å². The van der Waals surface area contributed by atoms with E-state index < -0.39 is 0 Å². The number of hydrogen-bond acceptors (Lipinski definition) is 4. The normalized spacial score (nSPS) is 21.3. The van der Waals surface area contributed by atoms with Gasteiger partial charge in [0.05, 0.1) is 0 Å². The molecule has 1 aliphatic carbocycles. The van der Waals surface area contributed by atoms with Crippen LogP contribution in [0.25, 0.3) is 0 Å². The quantitative estimate of drug-likeness (QED) is 0.823. The third kappa shape index (κ3) is 4.29. The Bertz CT molecular complexity index is 511. The van der Waals surface area contributed by atoms with Crippen LogP contribution in [0.4, 0.5) is 5.82 Å². The third-order valence-electron chi connectivity index (χ3n) is 3.87. The van der Waals surface area contributed by atoms with Crippen LogP contribution in [-0.2, 0) is 16.1 Å². The number of nitrogens with one attached hydrogen (secondary N) is 1. The predicted molar refractivity (Wildman–Crippen MR) is 79.5 cm³/mol. The molecule has 0 aliphatic heterocycles. The fourth-order valence-electron chi connectivity index (χ4n) is 2.55. The maximum Gasteiger partial charge on any atom is 0.243 e. The number of anilines is 1. The number of aromatic nitrogens is 2. The molecule has 2 atom stereocenters. The Kier molecular flexibility index (Phi) is 4.95. The topological polar surface area (TPSA) is 93.2 Å². The van der Waals surface area contributed by atoms with Crippen LogP contribution in [-0.4, -0.2) is 46.6 Å². The van der Waals surface area contributed by atoms with Gasteiger partial charge in [-0.2, -0.15) is 5.10 Å². The molecule has 2 amide bonds. The van der Waals surface area contributed by atoms with Crippen molar-refractivity contribution in [1.82, 2.24) is 14.7 Å². The first-order valence-corrected chi connectivity index (χ1v) is 7.24. The number of carbonyl (C=O) groups excluding carboxylic acids is 2.